The van der Waals surface area contributed by atoms with Gasteiger partial charge in [0.1, 0.15) is 0 Å². The Bertz CT molecular complexity index is 628. The van der Waals surface area contributed by atoms with Gasteiger partial charge in [0.2, 0.25) is 0 Å². The fourth-order valence-corrected chi connectivity index (χ4v) is 1.86. The van der Waals surface area contributed by atoms with Crippen molar-refractivity contribution in [3.8, 4) is 0 Å². The summed E-state index contributed by atoms with van der Waals surface area (Å²) in [4.78, 5) is 26.8. The highest BCUT2D eigenvalue weighted by Gasteiger charge is 2.00. The molecule has 0 unspecified atom stereocenters. The van der Waals surface area contributed by atoms with Gasteiger partial charge in [0.15, 0.2) is 0 Å². The summed E-state index contributed by atoms with van der Waals surface area (Å²) in [5.41, 5.74) is 6.74. The van der Waals surface area contributed by atoms with E-state index in [1.807, 2.05) is 6.92 Å². The van der Waals surface area contributed by atoms with Crippen molar-refractivity contribution in [2.75, 3.05) is 5.73 Å². The van der Waals surface area contributed by atoms with Gasteiger partial charge in [0.25, 0.3) is 5.56 Å². The van der Waals surface area contributed by atoms with E-state index in [0.717, 1.165) is 5.56 Å². The Labute approximate surface area is 110 Å². The third kappa shape index (κ3) is 3.31. The smallest absolute Gasteiger partial charge is 0.347 e. The fraction of sp³-hybridized carbons (Fsp3) is 0.308. The van der Waals surface area contributed by atoms with Crippen LogP contribution in [-0.4, -0.2) is 14.1 Å². The van der Waals surface area contributed by atoms with Crippen LogP contribution in [0.3, 0.4) is 0 Å². The molecule has 100 valence electrons. The molecule has 0 aliphatic rings. The zero-order chi connectivity index (χ0) is 13.8. The van der Waals surface area contributed by atoms with E-state index in [-0.39, 0.29) is 11.2 Å². The number of aryl methyl sites for hydroxylation is 3. The normalized spacial score (nSPS) is 10.6. The van der Waals surface area contributed by atoms with Crippen LogP contribution in [0.1, 0.15) is 12.0 Å². The third-order valence-electron chi connectivity index (χ3n) is 2.79. The summed E-state index contributed by atoms with van der Waals surface area (Å²) in [5, 5.41) is 0. The second kappa shape index (κ2) is 5.51. The number of pyridine rings is 1. The Morgan fingerprint density at radius 1 is 1.16 bits per heavy atom. The van der Waals surface area contributed by atoms with Crippen LogP contribution >= 0.6 is 0 Å². The van der Waals surface area contributed by atoms with Crippen LogP contribution in [0.5, 0.6) is 0 Å². The van der Waals surface area contributed by atoms with E-state index >= 15 is 0 Å². The first-order valence-electron chi connectivity index (χ1n) is 6.05. The summed E-state index contributed by atoms with van der Waals surface area (Å²) in [6.07, 6.45) is 5.58. The molecule has 0 aliphatic carbocycles. The van der Waals surface area contributed by atoms with Crippen LogP contribution in [-0.2, 0) is 13.1 Å². The van der Waals surface area contributed by atoms with Crippen LogP contribution in [0.25, 0.3) is 0 Å². The number of nitrogen functional groups attached to an aromatic ring is 1. The quantitative estimate of drug-likeness (QED) is 0.861. The molecular weight excluding hydrogens is 244 g/mol. The third-order valence-corrected chi connectivity index (χ3v) is 2.79. The van der Waals surface area contributed by atoms with Crippen molar-refractivity contribution in [2.24, 2.45) is 0 Å². The Morgan fingerprint density at radius 3 is 2.68 bits per heavy atom. The fourth-order valence-electron chi connectivity index (χ4n) is 1.86. The molecular formula is C13H16N4O2. The van der Waals surface area contributed by atoms with Gasteiger partial charge in [-0.05, 0) is 25.0 Å². The number of hydrogen-bond acceptors (Lipinski definition) is 4. The SMILES string of the molecule is Cc1cnc(=O)n(CCCn2cc(N)ccc2=O)c1. The van der Waals surface area contributed by atoms with E-state index < -0.39 is 0 Å². The van der Waals surface area contributed by atoms with Crippen LogP contribution in [0.4, 0.5) is 5.69 Å². The van der Waals surface area contributed by atoms with Gasteiger partial charge >= 0.3 is 5.69 Å². The van der Waals surface area contributed by atoms with Gasteiger partial charge in [-0.25, -0.2) is 9.78 Å². The average Bonchev–Trinajstić information content (AvgIpc) is 2.38. The molecule has 19 heavy (non-hydrogen) atoms. The maximum Gasteiger partial charge on any atom is 0.347 e. The van der Waals surface area contributed by atoms with Crippen molar-refractivity contribution in [3.63, 3.8) is 0 Å². The molecule has 0 saturated carbocycles. The van der Waals surface area contributed by atoms with Crippen molar-refractivity contribution >= 4 is 5.69 Å². The molecule has 2 aromatic heterocycles. The first-order valence-corrected chi connectivity index (χ1v) is 6.05. The molecule has 2 heterocycles. The monoisotopic (exact) mass is 260 g/mol. The zero-order valence-corrected chi connectivity index (χ0v) is 10.7. The molecule has 2 aromatic rings. The second-order valence-corrected chi connectivity index (χ2v) is 4.45. The molecule has 0 aromatic carbocycles. The van der Waals surface area contributed by atoms with E-state index in [0.29, 0.717) is 25.2 Å². The predicted molar refractivity (Wildman–Crippen MR) is 73.0 cm³/mol. The molecule has 0 saturated heterocycles. The minimum absolute atomic E-state index is 0.0936. The molecule has 0 spiro atoms. The maximum atomic E-state index is 11.6. The highest BCUT2D eigenvalue weighted by atomic mass is 16.1. The van der Waals surface area contributed by atoms with Crippen LogP contribution in [0.2, 0.25) is 0 Å². The number of nitrogens with two attached hydrogens (primary N) is 1. The molecule has 0 radical (unpaired) electrons. The second-order valence-electron chi connectivity index (χ2n) is 4.45. The van der Waals surface area contributed by atoms with E-state index in [4.69, 9.17) is 5.73 Å². The van der Waals surface area contributed by atoms with Gasteiger partial charge in [-0.2, -0.15) is 0 Å². The zero-order valence-electron chi connectivity index (χ0n) is 10.7. The van der Waals surface area contributed by atoms with Crippen molar-refractivity contribution in [1.29, 1.82) is 0 Å². The van der Waals surface area contributed by atoms with Crippen molar-refractivity contribution in [1.82, 2.24) is 14.1 Å². The molecule has 0 atom stereocenters. The maximum absolute atomic E-state index is 11.6. The van der Waals surface area contributed by atoms with Gasteiger partial charge in [-0.1, -0.05) is 0 Å². The van der Waals surface area contributed by atoms with E-state index in [1.165, 1.54) is 6.07 Å². The lowest BCUT2D eigenvalue weighted by atomic mass is 10.3. The standard InChI is InChI=1S/C13H16N4O2/c1-10-7-15-13(19)17(8-10)6-2-5-16-9-11(14)3-4-12(16)18/h3-4,7-9H,2,5-6,14H2,1H3. The number of rotatable bonds is 4. The first-order chi connectivity index (χ1) is 9.06. The number of aromatic nitrogens is 3. The van der Waals surface area contributed by atoms with Crippen LogP contribution in [0.15, 0.2) is 40.3 Å². The number of anilines is 1. The van der Waals surface area contributed by atoms with E-state index in [9.17, 15) is 9.59 Å². The summed E-state index contributed by atoms with van der Waals surface area (Å²) < 4.78 is 3.09. The first kappa shape index (κ1) is 13.1. The van der Waals surface area contributed by atoms with Gasteiger partial charge < -0.3 is 10.3 Å². The minimum atomic E-state index is -0.273. The molecule has 2 rings (SSSR count). The van der Waals surface area contributed by atoms with Crippen LogP contribution in [0, 0.1) is 6.92 Å². The summed E-state index contributed by atoms with van der Waals surface area (Å²) in [7, 11) is 0. The molecule has 6 nitrogen and oxygen atoms in total. The summed E-state index contributed by atoms with van der Waals surface area (Å²) in [6, 6.07) is 3.02. The summed E-state index contributed by atoms with van der Waals surface area (Å²) in [6.45, 7) is 2.92. The molecule has 6 heteroatoms. The predicted octanol–water partition coefficient (Wildman–Crippen LogP) is 0.386. The minimum Gasteiger partial charge on any atom is -0.398 e. The molecule has 0 fully saturated rings. The van der Waals surface area contributed by atoms with Crippen LogP contribution < -0.4 is 17.0 Å². The van der Waals surface area contributed by atoms with Gasteiger partial charge in [-0.3, -0.25) is 9.36 Å². The lowest BCUT2D eigenvalue weighted by molar-refractivity contribution is 0.536. The Kier molecular flexibility index (Phi) is 3.79. The van der Waals surface area contributed by atoms with Gasteiger partial charge in [0.05, 0.1) is 0 Å². The molecule has 2 N–H and O–H groups in total. The lowest BCUT2D eigenvalue weighted by Crippen LogP contribution is -2.24. The van der Waals surface area contributed by atoms with Crippen molar-refractivity contribution < 1.29 is 0 Å². The Balaban J connectivity index is 2.04. The number of hydrogen-bond donors (Lipinski definition) is 1. The van der Waals surface area contributed by atoms with E-state index in [2.05, 4.69) is 4.98 Å². The van der Waals surface area contributed by atoms with Crippen molar-refractivity contribution in [2.45, 2.75) is 26.4 Å². The lowest BCUT2D eigenvalue weighted by Gasteiger charge is -2.08. The van der Waals surface area contributed by atoms with Crippen molar-refractivity contribution in [3.05, 3.63) is 57.1 Å². The molecule has 0 amide bonds. The summed E-state index contributed by atoms with van der Waals surface area (Å²) in [5.74, 6) is 0. The average molecular weight is 260 g/mol. The topological polar surface area (TPSA) is 82.9 Å². The Hall–Kier alpha value is -2.37. The van der Waals surface area contributed by atoms with Gasteiger partial charge in [0, 0.05) is 43.4 Å². The highest BCUT2D eigenvalue weighted by molar-refractivity contribution is 5.33. The molecule has 0 bridgehead atoms. The largest absolute Gasteiger partial charge is 0.398 e. The number of nitrogens with zero attached hydrogens (tertiary/aromatic N) is 3. The Morgan fingerprint density at radius 2 is 1.89 bits per heavy atom. The van der Waals surface area contributed by atoms with E-state index in [1.54, 1.807) is 33.8 Å². The van der Waals surface area contributed by atoms with Gasteiger partial charge in [-0.15, -0.1) is 0 Å². The highest BCUT2D eigenvalue weighted by Crippen LogP contribution is 1.98. The molecule has 0 aliphatic heterocycles. The summed E-state index contributed by atoms with van der Waals surface area (Å²) >= 11 is 0.